The molecule has 5 heteroatoms. The van der Waals surface area contributed by atoms with Gasteiger partial charge in [-0.15, -0.1) is 0 Å². The molecule has 0 atom stereocenters. The van der Waals surface area contributed by atoms with E-state index in [0.717, 1.165) is 47.4 Å². The van der Waals surface area contributed by atoms with Crippen LogP contribution in [0.3, 0.4) is 0 Å². The summed E-state index contributed by atoms with van der Waals surface area (Å²) in [6.07, 6.45) is 2.04. The molecule has 2 heterocycles. The third kappa shape index (κ3) is 3.78. The van der Waals surface area contributed by atoms with Gasteiger partial charge in [-0.25, -0.2) is 0 Å². The number of piperidine rings is 1. The SMILES string of the molecule is C=C(c1ccc(-c2ccccc2)c(Br)c1)N1CCC(c2cc(N)on2)CC1. The molecule has 1 aromatic heterocycles. The van der Waals surface area contributed by atoms with E-state index in [-0.39, 0.29) is 0 Å². The lowest BCUT2D eigenvalue weighted by Gasteiger charge is -2.34. The quantitative estimate of drug-likeness (QED) is 0.598. The highest BCUT2D eigenvalue weighted by Crippen LogP contribution is 2.34. The van der Waals surface area contributed by atoms with Crippen LogP contribution in [0.4, 0.5) is 5.88 Å². The van der Waals surface area contributed by atoms with Crippen molar-refractivity contribution in [1.29, 1.82) is 0 Å². The van der Waals surface area contributed by atoms with Crippen LogP contribution in [-0.4, -0.2) is 23.1 Å². The summed E-state index contributed by atoms with van der Waals surface area (Å²) in [4.78, 5) is 2.35. The number of aromatic nitrogens is 1. The molecule has 1 aliphatic rings. The normalized spacial score (nSPS) is 15.1. The number of halogens is 1. The van der Waals surface area contributed by atoms with Gasteiger partial charge in [0.05, 0.1) is 5.69 Å². The highest BCUT2D eigenvalue weighted by atomic mass is 79.9. The van der Waals surface area contributed by atoms with Gasteiger partial charge >= 0.3 is 0 Å². The minimum atomic E-state index is 0.389. The van der Waals surface area contributed by atoms with Crippen molar-refractivity contribution in [1.82, 2.24) is 10.1 Å². The minimum absolute atomic E-state index is 0.389. The second-order valence-electron chi connectivity index (χ2n) is 6.92. The first kappa shape index (κ1) is 17.9. The van der Waals surface area contributed by atoms with Crippen LogP contribution < -0.4 is 5.73 Å². The fraction of sp³-hybridized carbons (Fsp3) is 0.227. The molecule has 4 rings (SSSR count). The van der Waals surface area contributed by atoms with Crippen LogP contribution >= 0.6 is 15.9 Å². The fourth-order valence-electron chi connectivity index (χ4n) is 3.67. The highest BCUT2D eigenvalue weighted by Gasteiger charge is 2.24. The number of benzene rings is 2. The maximum absolute atomic E-state index is 5.65. The van der Waals surface area contributed by atoms with Gasteiger partial charge in [-0.05, 0) is 35.6 Å². The summed E-state index contributed by atoms with van der Waals surface area (Å²) in [7, 11) is 0. The summed E-state index contributed by atoms with van der Waals surface area (Å²) in [5.74, 6) is 0.794. The molecule has 4 nitrogen and oxygen atoms in total. The molecule has 1 fully saturated rings. The second kappa shape index (κ2) is 7.61. The number of hydrogen-bond acceptors (Lipinski definition) is 4. The summed E-state index contributed by atoms with van der Waals surface area (Å²) in [6.45, 7) is 6.25. The summed E-state index contributed by atoms with van der Waals surface area (Å²) in [5.41, 5.74) is 11.2. The van der Waals surface area contributed by atoms with Crippen LogP contribution in [0, 0.1) is 0 Å². The van der Waals surface area contributed by atoms with Gasteiger partial charge in [0.1, 0.15) is 0 Å². The molecule has 3 aromatic rings. The summed E-state index contributed by atoms with van der Waals surface area (Å²) in [5, 5.41) is 4.07. The van der Waals surface area contributed by atoms with Crippen LogP contribution in [0.25, 0.3) is 16.8 Å². The van der Waals surface area contributed by atoms with E-state index < -0.39 is 0 Å². The number of hydrogen-bond donors (Lipinski definition) is 1. The second-order valence-corrected chi connectivity index (χ2v) is 7.78. The van der Waals surface area contributed by atoms with Gasteiger partial charge < -0.3 is 15.2 Å². The molecule has 2 N–H and O–H groups in total. The molecular weight excluding hydrogens is 402 g/mol. The summed E-state index contributed by atoms with van der Waals surface area (Å²) >= 11 is 3.73. The number of nitrogens with two attached hydrogens (primary N) is 1. The van der Waals surface area contributed by atoms with Crippen LogP contribution in [0.15, 0.2) is 70.2 Å². The van der Waals surface area contributed by atoms with Crippen molar-refractivity contribution in [3.05, 3.63) is 76.9 Å². The van der Waals surface area contributed by atoms with Crippen molar-refractivity contribution in [2.75, 3.05) is 18.8 Å². The van der Waals surface area contributed by atoms with E-state index in [9.17, 15) is 0 Å². The zero-order chi connectivity index (χ0) is 18.8. The van der Waals surface area contributed by atoms with Crippen LogP contribution in [-0.2, 0) is 0 Å². The third-order valence-corrected chi connectivity index (χ3v) is 5.88. The molecule has 0 amide bonds. The predicted molar refractivity (Wildman–Crippen MR) is 113 cm³/mol. The first-order valence-corrected chi connectivity index (χ1v) is 9.92. The Morgan fingerprint density at radius 1 is 1.11 bits per heavy atom. The lowest BCUT2D eigenvalue weighted by molar-refractivity contribution is 0.290. The molecular formula is C22H22BrN3O. The van der Waals surface area contributed by atoms with Gasteiger partial charge in [-0.3, -0.25) is 0 Å². The van der Waals surface area contributed by atoms with Crippen molar-refractivity contribution < 1.29 is 4.52 Å². The van der Waals surface area contributed by atoms with Gasteiger partial charge in [-0.2, -0.15) is 0 Å². The Morgan fingerprint density at radius 3 is 2.48 bits per heavy atom. The van der Waals surface area contributed by atoms with Gasteiger partial charge in [0.2, 0.25) is 5.88 Å². The molecule has 2 aromatic carbocycles. The molecule has 0 bridgehead atoms. The van der Waals surface area contributed by atoms with Crippen molar-refractivity contribution in [3.63, 3.8) is 0 Å². The van der Waals surface area contributed by atoms with Crippen LogP contribution in [0.5, 0.6) is 0 Å². The van der Waals surface area contributed by atoms with Crippen molar-refractivity contribution in [2.45, 2.75) is 18.8 Å². The minimum Gasteiger partial charge on any atom is -0.371 e. The molecule has 0 saturated carbocycles. The largest absolute Gasteiger partial charge is 0.371 e. The van der Waals surface area contributed by atoms with Crippen molar-refractivity contribution in [2.24, 2.45) is 0 Å². The van der Waals surface area contributed by atoms with Gasteiger partial charge in [0.25, 0.3) is 0 Å². The molecule has 27 heavy (non-hydrogen) atoms. The van der Waals surface area contributed by atoms with Crippen molar-refractivity contribution >= 4 is 27.5 Å². The van der Waals surface area contributed by atoms with E-state index in [1.165, 1.54) is 11.1 Å². The zero-order valence-electron chi connectivity index (χ0n) is 15.1. The summed E-state index contributed by atoms with van der Waals surface area (Å²) in [6, 6.07) is 18.7. The Balaban J connectivity index is 1.45. The number of nitrogens with zero attached hydrogens (tertiary/aromatic N) is 2. The maximum atomic E-state index is 5.65. The predicted octanol–water partition coefficient (Wildman–Crippen LogP) is 5.54. The number of rotatable bonds is 4. The molecule has 1 saturated heterocycles. The lowest BCUT2D eigenvalue weighted by Crippen LogP contribution is -2.31. The van der Waals surface area contributed by atoms with Gasteiger partial charge in [-0.1, -0.05) is 70.1 Å². The van der Waals surface area contributed by atoms with E-state index >= 15 is 0 Å². The zero-order valence-corrected chi connectivity index (χ0v) is 16.7. The topological polar surface area (TPSA) is 55.3 Å². The monoisotopic (exact) mass is 423 g/mol. The average Bonchev–Trinajstić information content (AvgIpc) is 3.14. The lowest BCUT2D eigenvalue weighted by atomic mass is 9.92. The Bertz CT molecular complexity index is 943. The molecule has 0 unspecified atom stereocenters. The number of nitrogen functional groups attached to an aromatic ring is 1. The van der Waals surface area contributed by atoms with Crippen LogP contribution in [0.2, 0.25) is 0 Å². The summed E-state index contributed by atoms with van der Waals surface area (Å²) < 4.78 is 6.10. The third-order valence-electron chi connectivity index (χ3n) is 5.23. The van der Waals surface area contributed by atoms with Crippen LogP contribution in [0.1, 0.15) is 30.0 Å². The Labute approximate surface area is 167 Å². The van der Waals surface area contributed by atoms with E-state index in [0.29, 0.717) is 11.8 Å². The molecule has 1 aliphatic heterocycles. The molecule has 138 valence electrons. The van der Waals surface area contributed by atoms with E-state index in [1.54, 1.807) is 0 Å². The standard InChI is InChI=1S/C22H22BrN3O/c1-15(26-11-9-17(10-12-26)21-14-22(24)27-25-21)18-7-8-19(20(23)13-18)16-5-3-2-4-6-16/h2-8,13-14,17H,1,9-12,24H2. The fourth-order valence-corrected chi connectivity index (χ4v) is 4.28. The van der Waals surface area contributed by atoms with Gasteiger partial charge in [0.15, 0.2) is 0 Å². The van der Waals surface area contributed by atoms with E-state index in [4.69, 9.17) is 10.3 Å². The molecule has 0 radical (unpaired) electrons. The smallest absolute Gasteiger partial charge is 0.222 e. The maximum Gasteiger partial charge on any atom is 0.222 e. The molecule has 0 aliphatic carbocycles. The van der Waals surface area contributed by atoms with E-state index in [2.05, 4.69) is 75.0 Å². The Hall–Kier alpha value is -2.53. The van der Waals surface area contributed by atoms with E-state index in [1.807, 2.05) is 12.1 Å². The van der Waals surface area contributed by atoms with Gasteiger partial charge in [0, 0.05) is 35.2 Å². The first-order valence-electron chi connectivity index (χ1n) is 9.13. The number of anilines is 1. The molecule has 0 spiro atoms. The number of likely N-dealkylation sites (tertiary alicyclic amines) is 1. The highest BCUT2D eigenvalue weighted by molar-refractivity contribution is 9.10. The van der Waals surface area contributed by atoms with Crippen molar-refractivity contribution in [3.8, 4) is 11.1 Å². The average molecular weight is 424 g/mol. The first-order chi connectivity index (χ1) is 13.1. The Kier molecular flexibility index (Phi) is 5.03. The Morgan fingerprint density at radius 2 is 1.85 bits per heavy atom.